The lowest BCUT2D eigenvalue weighted by atomic mass is 10.1. The Labute approximate surface area is 184 Å². The average molecular weight is 469 g/mol. The van der Waals surface area contributed by atoms with Gasteiger partial charge in [-0.3, -0.25) is 9.79 Å². The van der Waals surface area contributed by atoms with Crippen LogP contribution in [0, 0.1) is 0 Å². The molecular weight excluding hydrogens is 451 g/mol. The van der Waals surface area contributed by atoms with Crippen LogP contribution in [0.25, 0.3) is 0 Å². The van der Waals surface area contributed by atoms with Crippen molar-refractivity contribution in [1.29, 1.82) is 0 Å². The fourth-order valence-electron chi connectivity index (χ4n) is 3.59. The molecule has 1 saturated heterocycles. The fourth-order valence-corrected chi connectivity index (χ4v) is 6.82. The number of aliphatic imine (C=N–C) groups is 1. The van der Waals surface area contributed by atoms with E-state index in [1.54, 1.807) is 18.2 Å². The molecule has 0 amide bonds. The van der Waals surface area contributed by atoms with E-state index in [0.717, 1.165) is 16.4 Å². The lowest BCUT2D eigenvalue weighted by Gasteiger charge is -2.27. The second kappa shape index (κ2) is 7.95. The van der Waals surface area contributed by atoms with E-state index in [-0.39, 0.29) is 29.4 Å². The van der Waals surface area contributed by atoms with Crippen molar-refractivity contribution in [3.63, 3.8) is 0 Å². The van der Waals surface area contributed by atoms with E-state index in [0.29, 0.717) is 21.4 Å². The van der Waals surface area contributed by atoms with Crippen LogP contribution in [0.5, 0.6) is 0 Å². The first-order valence-corrected chi connectivity index (χ1v) is 12.5. The van der Waals surface area contributed by atoms with Crippen molar-refractivity contribution in [1.82, 2.24) is 0 Å². The molecule has 4 rings (SSSR count). The molecule has 2 heterocycles. The van der Waals surface area contributed by atoms with Gasteiger partial charge in [0.05, 0.1) is 33.6 Å². The summed E-state index contributed by atoms with van der Waals surface area (Å²) in [5.74, 6) is 0.688. The van der Waals surface area contributed by atoms with Gasteiger partial charge in [0.1, 0.15) is 0 Å². The number of thioether (sulfide) groups is 1. The summed E-state index contributed by atoms with van der Waals surface area (Å²) >= 11 is 13.6. The van der Waals surface area contributed by atoms with Crippen molar-refractivity contribution < 1.29 is 13.2 Å². The third-order valence-corrected chi connectivity index (χ3v) is 8.47. The van der Waals surface area contributed by atoms with Crippen molar-refractivity contribution in [2.24, 2.45) is 4.99 Å². The molecule has 2 aliphatic heterocycles. The molecule has 2 aliphatic rings. The molecule has 0 N–H and O–H groups in total. The number of hydrogen-bond donors (Lipinski definition) is 0. The summed E-state index contributed by atoms with van der Waals surface area (Å²) < 4.78 is 24.3. The molecule has 1 fully saturated rings. The summed E-state index contributed by atoms with van der Waals surface area (Å²) in [5, 5.41) is 1.75. The van der Waals surface area contributed by atoms with Crippen LogP contribution in [0.1, 0.15) is 22.8 Å². The van der Waals surface area contributed by atoms with Crippen molar-refractivity contribution in [3.05, 3.63) is 63.6 Å². The summed E-state index contributed by atoms with van der Waals surface area (Å²) in [6, 6.07) is 12.2. The second-order valence-corrected chi connectivity index (χ2v) is 11.0. The minimum atomic E-state index is -3.13. The highest BCUT2D eigenvalue weighted by molar-refractivity contribution is 8.13. The Hall–Kier alpha value is -1.54. The maximum absolute atomic E-state index is 12.2. The van der Waals surface area contributed by atoms with Crippen molar-refractivity contribution in [3.8, 4) is 0 Å². The molecule has 2 aromatic rings. The molecular formula is C20H18Cl2N2O3S2. The molecule has 29 heavy (non-hydrogen) atoms. The van der Waals surface area contributed by atoms with Crippen LogP contribution < -0.4 is 4.90 Å². The minimum Gasteiger partial charge on any atom is -0.315 e. The van der Waals surface area contributed by atoms with Crippen LogP contribution >= 0.6 is 35.0 Å². The van der Waals surface area contributed by atoms with Gasteiger partial charge in [-0.1, -0.05) is 53.2 Å². The molecule has 9 heteroatoms. The molecule has 0 unspecified atom stereocenters. The molecule has 0 aliphatic carbocycles. The Balaban J connectivity index is 1.64. The summed E-state index contributed by atoms with van der Waals surface area (Å²) in [7, 11) is -3.13. The molecule has 152 valence electrons. The first kappa shape index (κ1) is 20.7. The van der Waals surface area contributed by atoms with Gasteiger partial charge in [-0.05, 0) is 36.8 Å². The predicted octanol–water partition coefficient (Wildman–Crippen LogP) is 4.47. The van der Waals surface area contributed by atoms with Gasteiger partial charge in [-0.15, -0.1) is 0 Å². The summed E-state index contributed by atoms with van der Waals surface area (Å²) in [4.78, 5) is 18.5. The number of rotatable bonds is 4. The van der Waals surface area contributed by atoms with E-state index >= 15 is 0 Å². The highest BCUT2D eigenvalue weighted by Gasteiger charge is 2.47. The van der Waals surface area contributed by atoms with E-state index in [1.807, 2.05) is 29.2 Å². The number of carbonyl (C=O) groups is 1. The van der Waals surface area contributed by atoms with Crippen molar-refractivity contribution in [2.75, 3.05) is 16.4 Å². The largest absolute Gasteiger partial charge is 0.315 e. The van der Waals surface area contributed by atoms with Gasteiger partial charge in [0.2, 0.25) is 0 Å². The first-order chi connectivity index (χ1) is 13.7. The second-order valence-electron chi connectivity index (χ2n) is 7.14. The molecule has 2 atom stereocenters. The number of hydrogen-bond acceptors (Lipinski definition) is 6. The Morgan fingerprint density at radius 1 is 1.17 bits per heavy atom. The third kappa shape index (κ3) is 4.33. The van der Waals surface area contributed by atoms with E-state index in [4.69, 9.17) is 28.2 Å². The summed E-state index contributed by atoms with van der Waals surface area (Å²) in [5.41, 5.74) is 2.36. The summed E-state index contributed by atoms with van der Waals surface area (Å²) in [6.45, 7) is 1.51. The van der Waals surface area contributed by atoms with Crippen molar-refractivity contribution in [2.45, 2.75) is 24.8 Å². The van der Waals surface area contributed by atoms with Gasteiger partial charge in [-0.2, -0.15) is 0 Å². The molecule has 0 spiro atoms. The van der Waals surface area contributed by atoms with Crippen LogP contribution in [-0.4, -0.2) is 43.0 Å². The molecule has 0 aromatic heterocycles. The zero-order chi connectivity index (χ0) is 20.8. The SMILES string of the molecule is CC(=O)c1cccc(N2C(SCc3ccc(Cl)c(Cl)c3)=N[C@@H]3CS(=O)(=O)C[C@H]32)c1. The number of halogens is 2. The number of nitrogens with zero attached hydrogens (tertiary/aromatic N) is 2. The Kier molecular flexibility index (Phi) is 5.68. The van der Waals surface area contributed by atoms with Gasteiger partial charge in [-0.25, -0.2) is 8.42 Å². The fraction of sp³-hybridized carbons (Fsp3) is 0.300. The number of fused-ring (bicyclic) bond motifs is 1. The molecule has 5 nitrogen and oxygen atoms in total. The predicted molar refractivity (Wildman–Crippen MR) is 120 cm³/mol. The lowest BCUT2D eigenvalue weighted by molar-refractivity contribution is 0.101. The van der Waals surface area contributed by atoms with Crippen LogP contribution in [0.15, 0.2) is 47.5 Å². The van der Waals surface area contributed by atoms with E-state index < -0.39 is 9.84 Å². The van der Waals surface area contributed by atoms with E-state index in [2.05, 4.69) is 0 Å². The molecule has 0 radical (unpaired) electrons. The number of carbonyl (C=O) groups excluding carboxylic acids is 1. The van der Waals surface area contributed by atoms with Gasteiger partial charge in [0, 0.05) is 17.0 Å². The van der Waals surface area contributed by atoms with Gasteiger partial charge in [0.25, 0.3) is 0 Å². The zero-order valence-electron chi connectivity index (χ0n) is 15.5. The Morgan fingerprint density at radius 2 is 1.97 bits per heavy atom. The topological polar surface area (TPSA) is 66.8 Å². The number of anilines is 1. The third-order valence-electron chi connectivity index (χ3n) is 4.99. The molecule has 2 aromatic carbocycles. The standard InChI is InChI=1S/C20H18Cl2N2O3S2/c1-12(25)14-3-2-4-15(8-14)24-19-11-29(26,27)10-18(19)23-20(24)28-9-13-5-6-16(21)17(22)7-13/h2-8,18-19H,9-11H2,1H3/t18-,19-/m1/s1. The zero-order valence-corrected chi connectivity index (χ0v) is 18.7. The smallest absolute Gasteiger partial charge is 0.164 e. The van der Waals surface area contributed by atoms with E-state index in [1.165, 1.54) is 18.7 Å². The Morgan fingerprint density at radius 3 is 2.69 bits per heavy atom. The van der Waals surface area contributed by atoms with E-state index in [9.17, 15) is 13.2 Å². The number of ketones is 1. The number of sulfone groups is 1. The van der Waals surface area contributed by atoms with Gasteiger partial charge in [0.15, 0.2) is 20.8 Å². The van der Waals surface area contributed by atoms with Crippen LogP contribution in [0.2, 0.25) is 10.0 Å². The highest BCUT2D eigenvalue weighted by atomic mass is 35.5. The number of amidine groups is 1. The minimum absolute atomic E-state index is 0.0383. The highest BCUT2D eigenvalue weighted by Crippen LogP contribution is 2.36. The number of benzene rings is 2. The van der Waals surface area contributed by atoms with Crippen LogP contribution in [-0.2, 0) is 15.6 Å². The normalized spacial score (nSPS) is 22.4. The molecule has 0 bridgehead atoms. The van der Waals surface area contributed by atoms with Crippen LogP contribution in [0.4, 0.5) is 5.69 Å². The first-order valence-electron chi connectivity index (χ1n) is 8.99. The molecule has 0 saturated carbocycles. The average Bonchev–Trinajstić information content (AvgIpc) is 3.13. The monoisotopic (exact) mass is 468 g/mol. The quantitative estimate of drug-likeness (QED) is 0.619. The summed E-state index contributed by atoms with van der Waals surface area (Å²) in [6.07, 6.45) is 0. The van der Waals surface area contributed by atoms with Gasteiger partial charge < -0.3 is 4.90 Å². The number of Topliss-reactive ketones (excluding diaryl/α,β-unsaturated/α-hetero) is 1. The Bertz CT molecular complexity index is 1120. The van der Waals surface area contributed by atoms with Crippen LogP contribution in [0.3, 0.4) is 0 Å². The lowest BCUT2D eigenvalue weighted by Crippen LogP contribution is -2.39. The van der Waals surface area contributed by atoms with Gasteiger partial charge >= 0.3 is 0 Å². The maximum Gasteiger partial charge on any atom is 0.164 e. The maximum atomic E-state index is 12.2. The van der Waals surface area contributed by atoms with Crippen molar-refractivity contribution >= 4 is 61.4 Å².